The van der Waals surface area contributed by atoms with Gasteiger partial charge in [0.1, 0.15) is 11.6 Å². The third-order valence-corrected chi connectivity index (χ3v) is 8.57. The van der Waals surface area contributed by atoms with Gasteiger partial charge in [-0.05, 0) is 104 Å². The topological polar surface area (TPSA) is 81.7 Å². The predicted octanol–water partition coefficient (Wildman–Crippen LogP) is 9.39. The van der Waals surface area contributed by atoms with Crippen LogP contribution in [0.1, 0.15) is 87.1 Å². The highest BCUT2D eigenvalue weighted by Crippen LogP contribution is 2.34. The molecule has 234 valence electrons. The SMILES string of the molecule is C=C1CCC1.CC(C)c1ccc(NC(=O)N2CCCC2)cc1F.CNc1ccc(-c2ccc(C(=O)C3CCC3)c(O)c2)cc1. The van der Waals surface area contributed by atoms with Gasteiger partial charge in [0, 0.05) is 37.4 Å². The van der Waals surface area contributed by atoms with Crippen LogP contribution in [0.3, 0.4) is 0 Å². The molecule has 0 atom stereocenters. The molecule has 3 aromatic carbocycles. The van der Waals surface area contributed by atoms with E-state index in [0.717, 1.165) is 62.0 Å². The molecule has 0 bridgehead atoms. The van der Waals surface area contributed by atoms with Crippen LogP contribution in [-0.4, -0.2) is 42.0 Å². The molecule has 3 aromatic rings. The summed E-state index contributed by atoms with van der Waals surface area (Å²) >= 11 is 0. The number of ketones is 1. The van der Waals surface area contributed by atoms with Crippen LogP contribution in [0.25, 0.3) is 11.1 Å². The van der Waals surface area contributed by atoms with Gasteiger partial charge in [0.05, 0.1) is 5.56 Å². The highest BCUT2D eigenvalue weighted by molar-refractivity contribution is 6.01. The molecule has 0 spiro atoms. The second kappa shape index (κ2) is 15.6. The van der Waals surface area contributed by atoms with E-state index in [-0.39, 0.29) is 35.2 Å². The van der Waals surface area contributed by atoms with E-state index in [0.29, 0.717) is 16.8 Å². The Kier molecular flexibility index (Phi) is 11.6. The molecule has 2 saturated carbocycles. The quantitative estimate of drug-likeness (QED) is 0.195. The highest BCUT2D eigenvalue weighted by Gasteiger charge is 2.28. The lowest BCUT2D eigenvalue weighted by atomic mass is 9.79. The summed E-state index contributed by atoms with van der Waals surface area (Å²) in [6.45, 7) is 9.23. The van der Waals surface area contributed by atoms with E-state index in [1.165, 1.54) is 30.9 Å². The van der Waals surface area contributed by atoms with Gasteiger partial charge >= 0.3 is 6.03 Å². The van der Waals surface area contributed by atoms with Crippen molar-refractivity contribution in [3.8, 4) is 16.9 Å². The van der Waals surface area contributed by atoms with E-state index in [1.807, 2.05) is 51.2 Å². The summed E-state index contributed by atoms with van der Waals surface area (Å²) in [6, 6.07) is 18.0. The zero-order valence-electron chi connectivity index (χ0n) is 26.3. The van der Waals surface area contributed by atoms with Gasteiger partial charge in [0.15, 0.2) is 5.78 Å². The molecule has 2 aliphatic carbocycles. The van der Waals surface area contributed by atoms with Crippen molar-refractivity contribution in [3.05, 3.63) is 89.8 Å². The Labute approximate surface area is 261 Å². The number of aromatic hydroxyl groups is 1. The zero-order chi connectivity index (χ0) is 31.6. The molecule has 3 fully saturated rings. The first-order valence-electron chi connectivity index (χ1n) is 15.8. The molecule has 6 nitrogen and oxygen atoms in total. The van der Waals surface area contributed by atoms with Crippen LogP contribution in [-0.2, 0) is 0 Å². The number of anilines is 2. The van der Waals surface area contributed by atoms with Gasteiger partial charge in [-0.3, -0.25) is 4.79 Å². The summed E-state index contributed by atoms with van der Waals surface area (Å²) in [7, 11) is 1.88. The van der Waals surface area contributed by atoms with E-state index >= 15 is 0 Å². The number of rotatable bonds is 6. The maximum absolute atomic E-state index is 13.8. The predicted molar refractivity (Wildman–Crippen MR) is 178 cm³/mol. The second-order valence-electron chi connectivity index (χ2n) is 12.2. The van der Waals surface area contributed by atoms with Gasteiger partial charge in [0.25, 0.3) is 0 Å². The van der Waals surface area contributed by atoms with Crippen LogP contribution < -0.4 is 10.6 Å². The number of hydrogen-bond donors (Lipinski definition) is 3. The molecule has 1 saturated heterocycles. The van der Waals surface area contributed by atoms with Gasteiger partial charge < -0.3 is 20.6 Å². The van der Waals surface area contributed by atoms with Crippen molar-refractivity contribution in [3.63, 3.8) is 0 Å². The largest absolute Gasteiger partial charge is 0.507 e. The Morgan fingerprint density at radius 1 is 0.886 bits per heavy atom. The monoisotopic (exact) mass is 599 g/mol. The standard InChI is InChI=1S/C18H19NO2.C14H19FN2O.C5H8/c1-19-15-8-5-12(6-9-15)14-7-10-16(17(20)11-14)18(21)13-3-2-4-13;1-10(2)12-6-5-11(9-13(12)15)16-14(18)17-7-3-4-8-17;1-5-3-2-4-5/h5-11,13,19-20H,2-4H2,1H3;5-6,9-10H,3-4,7-8H2,1-2H3,(H,16,18);1-4H2. The number of benzene rings is 3. The van der Waals surface area contributed by atoms with Crippen LogP contribution in [0, 0.1) is 11.7 Å². The van der Waals surface area contributed by atoms with E-state index in [1.54, 1.807) is 29.2 Å². The number of likely N-dealkylation sites (tertiary alicyclic amines) is 1. The number of Topliss-reactive ketones (excluding diaryl/α,β-unsaturated/α-hetero) is 1. The number of phenols is 1. The van der Waals surface area contributed by atoms with Gasteiger partial charge in [-0.25, -0.2) is 9.18 Å². The first-order valence-corrected chi connectivity index (χ1v) is 15.8. The summed E-state index contributed by atoms with van der Waals surface area (Å²) in [5.74, 6) is 0.159. The Hall–Kier alpha value is -4.13. The van der Waals surface area contributed by atoms with Crippen LogP contribution in [0.2, 0.25) is 0 Å². The van der Waals surface area contributed by atoms with Crippen molar-refractivity contribution in [2.45, 2.75) is 71.1 Å². The number of halogens is 1. The van der Waals surface area contributed by atoms with Gasteiger partial charge in [0.2, 0.25) is 0 Å². The summed E-state index contributed by atoms with van der Waals surface area (Å²) in [6.07, 6.45) is 9.09. The molecule has 0 unspecified atom stereocenters. The number of carbonyl (C=O) groups is 2. The van der Waals surface area contributed by atoms with Crippen molar-refractivity contribution in [2.24, 2.45) is 5.92 Å². The van der Waals surface area contributed by atoms with E-state index in [4.69, 9.17) is 0 Å². The molecule has 7 heteroatoms. The van der Waals surface area contributed by atoms with Crippen LogP contribution >= 0.6 is 0 Å². The summed E-state index contributed by atoms with van der Waals surface area (Å²) in [4.78, 5) is 25.8. The van der Waals surface area contributed by atoms with Gasteiger partial charge in [-0.2, -0.15) is 0 Å². The number of hydrogen-bond acceptors (Lipinski definition) is 4. The number of nitrogens with one attached hydrogen (secondary N) is 2. The molecule has 2 amide bonds. The molecule has 6 rings (SSSR count). The van der Waals surface area contributed by atoms with Crippen molar-refractivity contribution >= 4 is 23.2 Å². The Balaban J connectivity index is 0.000000175. The number of allylic oxidation sites excluding steroid dienone is 1. The molecule has 3 N–H and O–H groups in total. The smallest absolute Gasteiger partial charge is 0.321 e. The maximum Gasteiger partial charge on any atom is 0.321 e. The average Bonchev–Trinajstić information content (AvgIpc) is 3.51. The average molecular weight is 600 g/mol. The zero-order valence-corrected chi connectivity index (χ0v) is 26.3. The molecule has 44 heavy (non-hydrogen) atoms. The van der Waals surface area contributed by atoms with E-state index < -0.39 is 0 Å². The van der Waals surface area contributed by atoms with E-state index in [2.05, 4.69) is 17.2 Å². The van der Waals surface area contributed by atoms with Crippen molar-refractivity contribution in [2.75, 3.05) is 30.8 Å². The number of amides is 2. The van der Waals surface area contributed by atoms with Crippen molar-refractivity contribution in [1.82, 2.24) is 4.90 Å². The first-order chi connectivity index (χ1) is 21.2. The third-order valence-electron chi connectivity index (χ3n) is 8.57. The number of nitrogens with zero attached hydrogens (tertiary/aromatic N) is 1. The minimum absolute atomic E-state index is 0.0795. The minimum atomic E-state index is -0.260. The van der Waals surface area contributed by atoms with Gasteiger partial charge in [-0.15, -0.1) is 0 Å². The summed E-state index contributed by atoms with van der Waals surface area (Å²) in [5, 5.41) is 16.0. The van der Waals surface area contributed by atoms with Gasteiger partial charge in [-0.1, -0.05) is 56.7 Å². The van der Waals surface area contributed by atoms with E-state index in [9.17, 15) is 19.1 Å². The fourth-order valence-corrected chi connectivity index (χ4v) is 5.26. The molecule has 0 aromatic heterocycles. The normalized spacial score (nSPS) is 15.7. The number of carbonyl (C=O) groups excluding carboxylic acids is 2. The third kappa shape index (κ3) is 8.71. The second-order valence-corrected chi connectivity index (χ2v) is 12.2. The fraction of sp³-hybridized carbons (Fsp3) is 0.405. The highest BCUT2D eigenvalue weighted by atomic mass is 19.1. The minimum Gasteiger partial charge on any atom is -0.507 e. The Morgan fingerprint density at radius 3 is 1.98 bits per heavy atom. The summed E-state index contributed by atoms with van der Waals surface area (Å²) < 4.78 is 13.8. The first kappa shape index (κ1) is 32.8. The maximum atomic E-state index is 13.8. The Morgan fingerprint density at radius 2 is 1.50 bits per heavy atom. The van der Waals surface area contributed by atoms with Crippen molar-refractivity contribution < 1.29 is 19.1 Å². The fourth-order valence-electron chi connectivity index (χ4n) is 5.26. The molecule has 3 aliphatic rings. The molecule has 1 heterocycles. The lowest BCUT2D eigenvalue weighted by Crippen LogP contribution is -2.32. The lowest BCUT2D eigenvalue weighted by Gasteiger charge is -2.24. The number of phenolic OH excluding ortho intramolecular Hbond substituents is 1. The molecular weight excluding hydrogens is 553 g/mol. The van der Waals surface area contributed by atoms with Crippen LogP contribution in [0.15, 0.2) is 72.8 Å². The van der Waals surface area contributed by atoms with Crippen LogP contribution in [0.4, 0.5) is 20.6 Å². The van der Waals surface area contributed by atoms with Crippen molar-refractivity contribution in [1.29, 1.82) is 0 Å². The molecule has 0 radical (unpaired) electrons. The number of urea groups is 1. The molecule has 1 aliphatic heterocycles. The Bertz CT molecular complexity index is 1430. The van der Waals surface area contributed by atoms with Crippen LogP contribution in [0.5, 0.6) is 5.75 Å². The lowest BCUT2D eigenvalue weighted by molar-refractivity contribution is 0.0852. The molecular formula is C37H46FN3O3. The summed E-state index contributed by atoms with van der Waals surface area (Å²) in [5.41, 5.74) is 6.07.